The zero-order valence-corrected chi connectivity index (χ0v) is 15.0. The molecule has 6 heteroatoms. The molecule has 3 aromatic rings. The minimum absolute atomic E-state index is 0.333. The number of nitrogens with zero attached hydrogens (tertiary/aromatic N) is 3. The van der Waals surface area contributed by atoms with Gasteiger partial charge >= 0.3 is 5.97 Å². The molecule has 0 unspecified atom stereocenters. The molecule has 0 N–H and O–H groups in total. The van der Waals surface area contributed by atoms with E-state index in [-0.39, 0.29) is 5.97 Å². The second-order valence-electron chi connectivity index (χ2n) is 5.51. The van der Waals surface area contributed by atoms with Gasteiger partial charge in [0.25, 0.3) is 0 Å². The number of carbonyl (C=O) groups excluding carboxylic acids is 1. The van der Waals surface area contributed by atoms with Crippen molar-refractivity contribution in [3.63, 3.8) is 0 Å². The number of aromatic nitrogens is 2. The van der Waals surface area contributed by atoms with Gasteiger partial charge in [-0.2, -0.15) is 0 Å². The van der Waals surface area contributed by atoms with Crippen molar-refractivity contribution in [2.24, 2.45) is 0 Å². The number of carbonyl (C=O) groups is 1. The largest absolute Gasteiger partial charge is 0.465 e. The Bertz CT molecular complexity index is 904. The van der Waals surface area contributed by atoms with Crippen LogP contribution in [0.1, 0.15) is 27.7 Å². The van der Waals surface area contributed by atoms with Crippen molar-refractivity contribution < 1.29 is 9.53 Å². The maximum absolute atomic E-state index is 12.0. The molecule has 0 bridgehead atoms. The Labute approximate surface area is 144 Å². The number of rotatable bonds is 4. The molecule has 5 nitrogen and oxygen atoms in total. The Hall–Kier alpha value is -2.47. The number of benzene rings is 1. The maximum Gasteiger partial charge on any atom is 0.348 e. The molecular formula is C18H19N3O2S. The van der Waals surface area contributed by atoms with Crippen LogP contribution in [-0.2, 0) is 4.74 Å². The zero-order chi connectivity index (χ0) is 17.3. The van der Waals surface area contributed by atoms with E-state index in [4.69, 9.17) is 4.74 Å². The SMILES string of the molecule is CCN(c1cccc(C)c1)c1ncnc2sc(C(=O)OC)c(C)c12. The van der Waals surface area contributed by atoms with Crippen LogP contribution in [0, 0.1) is 13.8 Å². The van der Waals surface area contributed by atoms with Crippen LogP contribution < -0.4 is 4.90 Å². The van der Waals surface area contributed by atoms with Gasteiger partial charge in [0.15, 0.2) is 0 Å². The highest BCUT2D eigenvalue weighted by Gasteiger charge is 2.22. The summed E-state index contributed by atoms with van der Waals surface area (Å²) in [5.41, 5.74) is 3.12. The predicted octanol–water partition coefficient (Wildman–Crippen LogP) is 4.25. The molecule has 1 aromatic carbocycles. The van der Waals surface area contributed by atoms with Crippen molar-refractivity contribution >= 4 is 39.0 Å². The van der Waals surface area contributed by atoms with Crippen molar-refractivity contribution in [1.82, 2.24) is 9.97 Å². The summed E-state index contributed by atoms with van der Waals surface area (Å²) in [5, 5.41) is 0.909. The quantitative estimate of drug-likeness (QED) is 0.664. The fourth-order valence-electron chi connectivity index (χ4n) is 2.80. The van der Waals surface area contributed by atoms with E-state index in [0.717, 1.165) is 33.8 Å². The normalized spacial score (nSPS) is 10.8. The molecule has 0 aliphatic carbocycles. The lowest BCUT2D eigenvalue weighted by Crippen LogP contribution is -2.18. The van der Waals surface area contributed by atoms with Crippen molar-refractivity contribution in [2.75, 3.05) is 18.6 Å². The number of esters is 1. The van der Waals surface area contributed by atoms with E-state index in [2.05, 4.69) is 46.9 Å². The highest BCUT2D eigenvalue weighted by molar-refractivity contribution is 7.20. The first-order chi connectivity index (χ1) is 11.6. The summed E-state index contributed by atoms with van der Waals surface area (Å²) in [6.07, 6.45) is 1.55. The van der Waals surface area contributed by atoms with E-state index in [0.29, 0.717) is 4.88 Å². The van der Waals surface area contributed by atoms with E-state index in [1.807, 2.05) is 13.0 Å². The standard InChI is InChI=1S/C18H19N3O2S/c1-5-21(13-8-6-7-11(2)9-13)16-14-12(3)15(18(22)23-4)24-17(14)20-10-19-16/h6-10H,5H2,1-4H3. The Morgan fingerprint density at radius 1 is 1.29 bits per heavy atom. The van der Waals surface area contributed by atoms with Gasteiger partial charge in [-0.3, -0.25) is 0 Å². The Morgan fingerprint density at radius 3 is 2.75 bits per heavy atom. The molecule has 3 rings (SSSR count). The smallest absolute Gasteiger partial charge is 0.348 e. The Balaban J connectivity index is 2.21. The summed E-state index contributed by atoms with van der Waals surface area (Å²) >= 11 is 1.34. The highest BCUT2D eigenvalue weighted by atomic mass is 32.1. The van der Waals surface area contributed by atoms with Crippen molar-refractivity contribution in [3.05, 3.63) is 46.6 Å². The van der Waals surface area contributed by atoms with Crippen LogP contribution in [0.15, 0.2) is 30.6 Å². The number of anilines is 2. The maximum atomic E-state index is 12.0. The van der Waals surface area contributed by atoms with Gasteiger partial charge < -0.3 is 9.64 Å². The fourth-order valence-corrected chi connectivity index (χ4v) is 3.86. The number of hydrogen-bond acceptors (Lipinski definition) is 6. The van der Waals surface area contributed by atoms with E-state index >= 15 is 0 Å². The lowest BCUT2D eigenvalue weighted by atomic mass is 10.1. The van der Waals surface area contributed by atoms with Gasteiger partial charge in [-0.05, 0) is 44.0 Å². The summed E-state index contributed by atoms with van der Waals surface area (Å²) in [6, 6.07) is 8.29. The Kier molecular flexibility index (Phi) is 4.49. The number of thiophene rings is 1. The number of fused-ring (bicyclic) bond motifs is 1. The van der Waals surface area contributed by atoms with Crippen LogP contribution in [0.2, 0.25) is 0 Å². The average Bonchev–Trinajstić information content (AvgIpc) is 2.93. The summed E-state index contributed by atoms with van der Waals surface area (Å²) < 4.78 is 4.88. The van der Waals surface area contributed by atoms with Gasteiger partial charge in [0, 0.05) is 12.2 Å². The van der Waals surface area contributed by atoms with Crippen LogP contribution >= 0.6 is 11.3 Å². The summed E-state index contributed by atoms with van der Waals surface area (Å²) in [5.74, 6) is 0.483. The minimum atomic E-state index is -0.333. The molecule has 0 saturated heterocycles. The third-order valence-corrected chi connectivity index (χ3v) is 5.14. The van der Waals surface area contributed by atoms with E-state index in [1.165, 1.54) is 24.0 Å². The first-order valence-electron chi connectivity index (χ1n) is 7.73. The molecule has 2 heterocycles. The molecule has 0 amide bonds. The van der Waals surface area contributed by atoms with Crippen LogP contribution in [0.25, 0.3) is 10.2 Å². The minimum Gasteiger partial charge on any atom is -0.465 e. The highest BCUT2D eigenvalue weighted by Crippen LogP contribution is 2.37. The monoisotopic (exact) mass is 341 g/mol. The second-order valence-corrected chi connectivity index (χ2v) is 6.51. The molecule has 0 atom stereocenters. The predicted molar refractivity (Wildman–Crippen MR) is 97.4 cm³/mol. The molecule has 0 aliphatic rings. The molecule has 0 radical (unpaired) electrons. The first kappa shape index (κ1) is 16.4. The molecule has 0 saturated carbocycles. The van der Waals surface area contributed by atoms with Crippen molar-refractivity contribution in [3.8, 4) is 0 Å². The van der Waals surface area contributed by atoms with Crippen LogP contribution in [0.4, 0.5) is 11.5 Å². The first-order valence-corrected chi connectivity index (χ1v) is 8.55. The fraction of sp³-hybridized carbons (Fsp3) is 0.278. The molecule has 0 fully saturated rings. The lowest BCUT2D eigenvalue weighted by molar-refractivity contribution is 0.0605. The topological polar surface area (TPSA) is 55.3 Å². The van der Waals surface area contributed by atoms with Crippen LogP contribution in [0.5, 0.6) is 0 Å². The number of hydrogen-bond donors (Lipinski definition) is 0. The van der Waals surface area contributed by atoms with Gasteiger partial charge in [-0.25, -0.2) is 14.8 Å². The van der Waals surface area contributed by atoms with Gasteiger partial charge in [0.1, 0.15) is 21.9 Å². The van der Waals surface area contributed by atoms with Gasteiger partial charge in [0.05, 0.1) is 12.5 Å². The molecular weight excluding hydrogens is 322 g/mol. The number of methoxy groups -OCH3 is 1. The van der Waals surface area contributed by atoms with Crippen molar-refractivity contribution in [1.29, 1.82) is 0 Å². The Morgan fingerprint density at radius 2 is 2.08 bits per heavy atom. The van der Waals surface area contributed by atoms with Gasteiger partial charge in [-0.15, -0.1) is 11.3 Å². The lowest BCUT2D eigenvalue weighted by Gasteiger charge is -2.23. The van der Waals surface area contributed by atoms with Gasteiger partial charge in [-0.1, -0.05) is 12.1 Å². The molecule has 2 aromatic heterocycles. The molecule has 0 spiro atoms. The summed E-state index contributed by atoms with van der Waals surface area (Å²) in [6.45, 7) is 6.83. The second kappa shape index (κ2) is 6.57. The summed E-state index contributed by atoms with van der Waals surface area (Å²) in [7, 11) is 1.39. The summed E-state index contributed by atoms with van der Waals surface area (Å²) in [4.78, 5) is 24.4. The van der Waals surface area contributed by atoms with Crippen LogP contribution in [0.3, 0.4) is 0 Å². The van der Waals surface area contributed by atoms with Crippen molar-refractivity contribution in [2.45, 2.75) is 20.8 Å². The third kappa shape index (κ3) is 2.73. The van der Waals surface area contributed by atoms with Gasteiger partial charge in [0.2, 0.25) is 0 Å². The van der Waals surface area contributed by atoms with E-state index < -0.39 is 0 Å². The zero-order valence-electron chi connectivity index (χ0n) is 14.2. The average molecular weight is 341 g/mol. The van der Waals surface area contributed by atoms with E-state index in [9.17, 15) is 4.79 Å². The number of aryl methyl sites for hydroxylation is 2. The molecule has 24 heavy (non-hydrogen) atoms. The third-order valence-electron chi connectivity index (χ3n) is 3.96. The van der Waals surface area contributed by atoms with E-state index in [1.54, 1.807) is 6.33 Å². The number of ether oxygens (including phenoxy) is 1. The molecule has 124 valence electrons. The van der Waals surface area contributed by atoms with Crippen LogP contribution in [-0.4, -0.2) is 29.6 Å². The molecule has 0 aliphatic heterocycles.